The number of β-amino-alcohol motifs (C(OH)–C–C–N with tert-alkyl or cyclic N) is 1. The Morgan fingerprint density at radius 3 is 2.48 bits per heavy atom. The highest BCUT2D eigenvalue weighted by molar-refractivity contribution is 5.95. The van der Waals surface area contributed by atoms with E-state index in [2.05, 4.69) is 28.9 Å². The van der Waals surface area contributed by atoms with Crippen molar-refractivity contribution in [1.29, 1.82) is 0 Å². The fourth-order valence-corrected chi connectivity index (χ4v) is 3.72. The van der Waals surface area contributed by atoms with Gasteiger partial charge in [0.25, 0.3) is 5.91 Å². The summed E-state index contributed by atoms with van der Waals surface area (Å²) in [6, 6.07) is 10.3. The van der Waals surface area contributed by atoms with Crippen LogP contribution in [-0.2, 0) is 0 Å². The normalized spacial score (nSPS) is 21.5. The summed E-state index contributed by atoms with van der Waals surface area (Å²) in [5.74, 6) is -0.00507. The van der Waals surface area contributed by atoms with Crippen molar-refractivity contribution in [2.75, 3.05) is 26.2 Å². The minimum absolute atomic E-state index is 0.00507. The summed E-state index contributed by atoms with van der Waals surface area (Å²) in [4.78, 5) is 17.1. The number of carbonyl (C=O) groups is 1. The number of aromatic nitrogens is 2. The second kappa shape index (κ2) is 7.37. The summed E-state index contributed by atoms with van der Waals surface area (Å²) >= 11 is 0. The zero-order chi connectivity index (χ0) is 18.0. The second-order valence-corrected chi connectivity index (χ2v) is 6.81. The van der Waals surface area contributed by atoms with Crippen molar-refractivity contribution in [2.24, 2.45) is 0 Å². The van der Waals surface area contributed by atoms with E-state index in [4.69, 9.17) is 0 Å². The number of hydrogen-bond acceptors (Lipinski definition) is 4. The number of aliphatic hydroxyl groups is 1. The Labute approximate surface area is 148 Å². The smallest absolute Gasteiger partial charge is 0.272 e. The number of piperazine rings is 1. The van der Waals surface area contributed by atoms with Gasteiger partial charge in [0.15, 0.2) is 0 Å². The number of benzene rings is 1. The molecule has 6 nitrogen and oxygen atoms in total. The third-order valence-electron chi connectivity index (χ3n) is 5.02. The number of nitrogens with one attached hydrogen (secondary N) is 1. The van der Waals surface area contributed by atoms with E-state index in [1.807, 2.05) is 42.2 Å². The number of aliphatic hydroxyl groups excluding tert-OH is 1. The molecule has 1 amide bonds. The van der Waals surface area contributed by atoms with Gasteiger partial charge in [-0.3, -0.25) is 14.8 Å². The Morgan fingerprint density at radius 2 is 1.88 bits per heavy atom. The minimum atomic E-state index is -0.00507. The highest BCUT2D eigenvalue weighted by atomic mass is 16.3. The Bertz CT molecular complexity index is 716. The Hall–Kier alpha value is -2.18. The van der Waals surface area contributed by atoms with Crippen LogP contribution in [0.25, 0.3) is 11.3 Å². The first-order valence-electron chi connectivity index (χ1n) is 8.79. The van der Waals surface area contributed by atoms with Gasteiger partial charge in [0.1, 0.15) is 5.69 Å². The number of aromatic amines is 1. The predicted molar refractivity (Wildman–Crippen MR) is 97.4 cm³/mol. The number of amides is 1. The molecule has 0 spiro atoms. The predicted octanol–water partition coefficient (Wildman–Crippen LogP) is 1.91. The third kappa shape index (κ3) is 3.45. The lowest BCUT2D eigenvalue weighted by Gasteiger charge is -2.44. The van der Waals surface area contributed by atoms with Crippen molar-refractivity contribution in [1.82, 2.24) is 20.0 Å². The maximum atomic E-state index is 13.0. The van der Waals surface area contributed by atoms with Crippen LogP contribution in [0.2, 0.25) is 0 Å². The van der Waals surface area contributed by atoms with E-state index in [1.165, 1.54) is 0 Å². The first kappa shape index (κ1) is 17.6. The molecule has 0 bridgehead atoms. The Morgan fingerprint density at radius 1 is 1.24 bits per heavy atom. The summed E-state index contributed by atoms with van der Waals surface area (Å²) in [6.07, 6.45) is 0. The number of rotatable bonds is 4. The minimum Gasteiger partial charge on any atom is -0.395 e. The van der Waals surface area contributed by atoms with Gasteiger partial charge in [-0.1, -0.05) is 30.3 Å². The van der Waals surface area contributed by atoms with Crippen LogP contribution in [0.15, 0.2) is 30.3 Å². The largest absolute Gasteiger partial charge is 0.395 e. The molecular formula is C19H26N4O2. The van der Waals surface area contributed by atoms with Gasteiger partial charge in [-0.05, 0) is 20.8 Å². The molecule has 25 heavy (non-hydrogen) atoms. The van der Waals surface area contributed by atoms with Crippen molar-refractivity contribution in [3.05, 3.63) is 41.6 Å². The number of nitrogens with zero attached hydrogens (tertiary/aromatic N) is 3. The van der Waals surface area contributed by atoms with Gasteiger partial charge in [-0.2, -0.15) is 5.10 Å². The highest BCUT2D eigenvalue weighted by Gasteiger charge is 2.33. The summed E-state index contributed by atoms with van der Waals surface area (Å²) in [5, 5.41) is 16.5. The Kier molecular flexibility index (Phi) is 5.20. The zero-order valence-electron chi connectivity index (χ0n) is 15.1. The molecule has 1 aromatic heterocycles. The van der Waals surface area contributed by atoms with E-state index in [-0.39, 0.29) is 24.6 Å². The molecule has 1 aliphatic rings. The maximum Gasteiger partial charge on any atom is 0.272 e. The summed E-state index contributed by atoms with van der Waals surface area (Å²) in [6.45, 7) is 8.23. The summed E-state index contributed by atoms with van der Waals surface area (Å²) in [5.41, 5.74) is 3.27. The number of carbonyl (C=O) groups excluding carboxylic acids is 1. The molecule has 134 valence electrons. The van der Waals surface area contributed by atoms with Crippen LogP contribution >= 0.6 is 0 Å². The molecule has 0 saturated carbocycles. The average Bonchev–Trinajstić information content (AvgIpc) is 2.99. The summed E-state index contributed by atoms with van der Waals surface area (Å²) in [7, 11) is 0. The topological polar surface area (TPSA) is 72.5 Å². The van der Waals surface area contributed by atoms with Gasteiger partial charge in [0.2, 0.25) is 0 Å². The molecular weight excluding hydrogens is 316 g/mol. The lowest BCUT2D eigenvalue weighted by atomic mass is 10.0. The highest BCUT2D eigenvalue weighted by Crippen LogP contribution is 2.25. The molecule has 3 rings (SSSR count). The molecule has 2 aromatic rings. The van der Waals surface area contributed by atoms with Crippen molar-refractivity contribution < 1.29 is 9.90 Å². The average molecular weight is 342 g/mol. The molecule has 2 atom stereocenters. The van der Waals surface area contributed by atoms with E-state index >= 15 is 0 Å². The molecule has 1 aromatic carbocycles. The number of H-pyrrole nitrogens is 1. The van der Waals surface area contributed by atoms with Crippen LogP contribution in [0.3, 0.4) is 0 Å². The third-order valence-corrected chi connectivity index (χ3v) is 5.02. The molecule has 1 aliphatic heterocycles. The lowest BCUT2D eigenvalue weighted by Crippen LogP contribution is -2.58. The number of hydrogen-bond donors (Lipinski definition) is 2. The van der Waals surface area contributed by atoms with E-state index < -0.39 is 0 Å². The van der Waals surface area contributed by atoms with E-state index in [0.717, 1.165) is 16.8 Å². The zero-order valence-corrected chi connectivity index (χ0v) is 15.1. The van der Waals surface area contributed by atoms with Gasteiger partial charge in [-0.25, -0.2) is 0 Å². The van der Waals surface area contributed by atoms with Crippen LogP contribution in [0.1, 0.15) is 29.9 Å². The molecule has 1 fully saturated rings. The van der Waals surface area contributed by atoms with Gasteiger partial charge >= 0.3 is 0 Å². The van der Waals surface area contributed by atoms with Crippen molar-refractivity contribution >= 4 is 5.91 Å². The standard InChI is InChI=1S/C19H26N4O2/c1-13-11-22(12-14(2)23(13)9-10-24)19(25)18-15(3)17(20-21-18)16-7-5-4-6-8-16/h4-8,13-14,24H,9-12H2,1-3H3,(H,20,21)/t13-,14+. The quantitative estimate of drug-likeness (QED) is 0.890. The monoisotopic (exact) mass is 342 g/mol. The summed E-state index contributed by atoms with van der Waals surface area (Å²) < 4.78 is 0. The first-order chi connectivity index (χ1) is 12.0. The molecule has 0 radical (unpaired) electrons. The fourth-order valence-electron chi connectivity index (χ4n) is 3.72. The molecule has 1 saturated heterocycles. The van der Waals surface area contributed by atoms with Gasteiger partial charge < -0.3 is 10.0 Å². The first-order valence-corrected chi connectivity index (χ1v) is 8.79. The maximum absolute atomic E-state index is 13.0. The van der Waals surface area contributed by atoms with E-state index in [0.29, 0.717) is 25.3 Å². The van der Waals surface area contributed by atoms with Gasteiger partial charge in [0.05, 0.1) is 12.3 Å². The SMILES string of the molecule is Cc1c(-c2ccccc2)n[nH]c1C(=O)N1C[C@@H](C)N(CCO)[C@@H](C)C1. The molecule has 0 aliphatic carbocycles. The van der Waals surface area contributed by atoms with Crippen molar-refractivity contribution in [2.45, 2.75) is 32.9 Å². The molecule has 0 unspecified atom stereocenters. The van der Waals surface area contributed by atoms with Crippen LogP contribution in [0, 0.1) is 6.92 Å². The van der Waals surface area contributed by atoms with Gasteiger partial charge in [-0.15, -0.1) is 0 Å². The van der Waals surface area contributed by atoms with Gasteiger partial charge in [0, 0.05) is 42.8 Å². The fraction of sp³-hybridized carbons (Fsp3) is 0.474. The molecule has 2 N–H and O–H groups in total. The van der Waals surface area contributed by atoms with E-state index in [9.17, 15) is 9.90 Å². The van der Waals surface area contributed by atoms with Crippen LogP contribution in [0.5, 0.6) is 0 Å². The lowest BCUT2D eigenvalue weighted by molar-refractivity contribution is 0.0232. The van der Waals surface area contributed by atoms with Crippen LogP contribution in [0.4, 0.5) is 0 Å². The van der Waals surface area contributed by atoms with Crippen LogP contribution in [-0.4, -0.2) is 69.3 Å². The molecule has 6 heteroatoms. The van der Waals surface area contributed by atoms with Crippen molar-refractivity contribution in [3.8, 4) is 11.3 Å². The van der Waals surface area contributed by atoms with E-state index in [1.54, 1.807) is 0 Å². The molecule has 2 heterocycles. The Balaban J connectivity index is 1.79. The van der Waals surface area contributed by atoms with Crippen LogP contribution < -0.4 is 0 Å². The second-order valence-electron chi connectivity index (χ2n) is 6.81. The van der Waals surface area contributed by atoms with Crippen molar-refractivity contribution in [3.63, 3.8) is 0 Å².